The first kappa shape index (κ1) is 21.2. The van der Waals surface area contributed by atoms with Crippen LogP contribution in [0.5, 0.6) is 5.75 Å². The number of carbonyl (C=O) groups is 3. The van der Waals surface area contributed by atoms with E-state index in [4.69, 9.17) is 30.5 Å². The Balaban J connectivity index is 2.32. The fraction of sp³-hybridized carbons (Fsp3) is 0.500. The van der Waals surface area contributed by atoms with Crippen molar-refractivity contribution >= 4 is 41.3 Å². The minimum atomic E-state index is -1.13. The Labute approximate surface area is 163 Å². The molecular formula is C16H17ClFNO7S. The Morgan fingerprint density at radius 1 is 1.11 bits per heavy atom. The van der Waals surface area contributed by atoms with Crippen molar-refractivity contribution in [2.75, 3.05) is 5.75 Å². The standard InChI is InChI=1S/C16H17ClFNO7S/c1-7(20)23-12-6-27-16(26-11-4-10(18)5-19-15(11)17)14(25-9(3)22)13(12)24-8(2)21/h4-5,12-14,16H,6H2,1-3H3/t12-,13+,14-,16-/m1/s1. The maximum absolute atomic E-state index is 13.4. The number of aromatic nitrogens is 1. The van der Waals surface area contributed by atoms with Crippen molar-refractivity contribution < 1.29 is 37.7 Å². The summed E-state index contributed by atoms with van der Waals surface area (Å²) in [5, 5.41) is -0.0929. The lowest BCUT2D eigenvalue weighted by Crippen LogP contribution is -2.55. The highest BCUT2D eigenvalue weighted by Gasteiger charge is 2.47. The highest BCUT2D eigenvalue weighted by Crippen LogP contribution is 2.35. The predicted octanol–water partition coefficient (Wildman–Crippen LogP) is 2.12. The third-order valence-corrected chi connectivity index (χ3v) is 4.82. The second-order valence-corrected chi connectivity index (χ2v) is 7.05. The van der Waals surface area contributed by atoms with E-state index in [2.05, 4.69) is 4.98 Å². The second kappa shape index (κ2) is 9.23. The van der Waals surface area contributed by atoms with Crippen LogP contribution in [-0.2, 0) is 28.6 Å². The Bertz CT molecular complexity index is 735. The first-order valence-electron chi connectivity index (χ1n) is 7.78. The Morgan fingerprint density at radius 3 is 2.30 bits per heavy atom. The van der Waals surface area contributed by atoms with Crippen LogP contribution in [0.3, 0.4) is 0 Å². The Kier molecular flexibility index (Phi) is 7.25. The molecule has 0 spiro atoms. The largest absolute Gasteiger partial charge is 0.472 e. The van der Waals surface area contributed by atoms with Gasteiger partial charge in [-0.3, -0.25) is 14.4 Å². The molecule has 0 aliphatic carbocycles. The lowest BCUT2D eigenvalue weighted by atomic mass is 10.1. The number of esters is 3. The SMILES string of the molecule is CC(=O)O[C@@H]1[C@@H](OC(C)=O)[C@H](OC(C)=O)CS[C@H]1Oc1cc(F)cnc1Cl. The molecule has 0 N–H and O–H groups in total. The molecule has 0 saturated carbocycles. The smallest absolute Gasteiger partial charge is 0.303 e. The summed E-state index contributed by atoms with van der Waals surface area (Å²) < 4.78 is 34.8. The third kappa shape index (κ3) is 5.96. The molecule has 1 aliphatic rings. The van der Waals surface area contributed by atoms with Crippen LogP contribution < -0.4 is 4.74 Å². The van der Waals surface area contributed by atoms with Gasteiger partial charge in [0, 0.05) is 32.6 Å². The van der Waals surface area contributed by atoms with Crippen molar-refractivity contribution in [2.45, 2.75) is 44.5 Å². The van der Waals surface area contributed by atoms with Gasteiger partial charge >= 0.3 is 17.9 Å². The summed E-state index contributed by atoms with van der Waals surface area (Å²) in [6.07, 6.45) is -2.18. The number of carbonyl (C=O) groups excluding carboxylic acids is 3. The van der Waals surface area contributed by atoms with Crippen LogP contribution in [0, 0.1) is 5.82 Å². The lowest BCUT2D eigenvalue weighted by molar-refractivity contribution is -0.186. The van der Waals surface area contributed by atoms with Crippen molar-refractivity contribution in [3.8, 4) is 5.75 Å². The van der Waals surface area contributed by atoms with Crippen LogP contribution in [0.4, 0.5) is 4.39 Å². The highest BCUT2D eigenvalue weighted by atomic mass is 35.5. The van der Waals surface area contributed by atoms with Crippen molar-refractivity contribution in [1.82, 2.24) is 4.98 Å². The van der Waals surface area contributed by atoms with Gasteiger partial charge in [-0.1, -0.05) is 11.6 Å². The van der Waals surface area contributed by atoms with Gasteiger partial charge in [0.2, 0.25) is 0 Å². The molecule has 4 atom stereocenters. The van der Waals surface area contributed by atoms with E-state index in [-0.39, 0.29) is 16.7 Å². The maximum atomic E-state index is 13.4. The van der Waals surface area contributed by atoms with Gasteiger partial charge in [0.15, 0.2) is 34.7 Å². The first-order chi connectivity index (χ1) is 12.7. The van der Waals surface area contributed by atoms with Gasteiger partial charge in [0.05, 0.1) is 6.20 Å². The Morgan fingerprint density at radius 2 is 1.70 bits per heavy atom. The van der Waals surface area contributed by atoms with E-state index in [0.29, 0.717) is 0 Å². The number of hydrogen-bond donors (Lipinski definition) is 0. The summed E-state index contributed by atoms with van der Waals surface area (Å²) >= 11 is 7.04. The number of pyridine rings is 1. The second-order valence-electron chi connectivity index (χ2n) is 5.56. The van der Waals surface area contributed by atoms with Gasteiger partial charge in [-0.05, 0) is 0 Å². The zero-order chi connectivity index (χ0) is 20.1. The zero-order valence-corrected chi connectivity index (χ0v) is 16.2. The molecule has 2 heterocycles. The average Bonchev–Trinajstić information content (AvgIpc) is 2.55. The van der Waals surface area contributed by atoms with Gasteiger partial charge in [-0.15, -0.1) is 11.8 Å². The quantitative estimate of drug-likeness (QED) is 0.402. The van der Waals surface area contributed by atoms with E-state index in [1.54, 1.807) is 0 Å². The molecule has 148 valence electrons. The van der Waals surface area contributed by atoms with Gasteiger partial charge in [-0.2, -0.15) is 0 Å². The summed E-state index contributed by atoms with van der Waals surface area (Å²) in [5.74, 6) is -2.48. The summed E-state index contributed by atoms with van der Waals surface area (Å²) in [4.78, 5) is 38.1. The molecule has 11 heteroatoms. The van der Waals surface area contributed by atoms with Gasteiger partial charge < -0.3 is 18.9 Å². The zero-order valence-electron chi connectivity index (χ0n) is 14.6. The predicted molar refractivity (Wildman–Crippen MR) is 92.7 cm³/mol. The monoisotopic (exact) mass is 421 g/mol. The molecule has 27 heavy (non-hydrogen) atoms. The van der Waals surface area contributed by atoms with Gasteiger partial charge in [-0.25, -0.2) is 9.37 Å². The van der Waals surface area contributed by atoms with E-state index < -0.39 is 47.5 Å². The van der Waals surface area contributed by atoms with E-state index in [1.807, 2.05) is 0 Å². The summed E-state index contributed by atoms with van der Waals surface area (Å²) in [7, 11) is 0. The van der Waals surface area contributed by atoms with Crippen molar-refractivity contribution in [1.29, 1.82) is 0 Å². The average molecular weight is 422 g/mol. The fourth-order valence-electron chi connectivity index (χ4n) is 2.42. The topological polar surface area (TPSA) is 101 Å². The number of halogens is 2. The van der Waals surface area contributed by atoms with Crippen LogP contribution >= 0.6 is 23.4 Å². The minimum absolute atomic E-state index is 0.0705. The first-order valence-corrected chi connectivity index (χ1v) is 9.21. The molecule has 1 aromatic rings. The molecular weight excluding hydrogens is 405 g/mol. The van der Waals surface area contributed by atoms with Crippen molar-refractivity contribution in [3.05, 3.63) is 23.2 Å². The molecule has 0 aromatic carbocycles. The summed E-state index contributed by atoms with van der Waals surface area (Å²) in [5.41, 5.74) is -0.911. The number of rotatable bonds is 5. The number of nitrogens with zero attached hydrogens (tertiary/aromatic N) is 1. The molecule has 1 fully saturated rings. The molecule has 0 bridgehead atoms. The van der Waals surface area contributed by atoms with Crippen LogP contribution in [-0.4, -0.2) is 52.4 Å². The number of ether oxygens (including phenoxy) is 4. The molecule has 0 unspecified atom stereocenters. The van der Waals surface area contributed by atoms with E-state index in [9.17, 15) is 18.8 Å². The van der Waals surface area contributed by atoms with Crippen LogP contribution in [0.2, 0.25) is 5.15 Å². The summed E-state index contributed by atoms with van der Waals surface area (Å²) in [6, 6.07) is 1.03. The molecule has 1 aliphatic heterocycles. The van der Waals surface area contributed by atoms with Crippen molar-refractivity contribution in [3.63, 3.8) is 0 Å². The molecule has 2 rings (SSSR count). The molecule has 1 aromatic heterocycles. The Hall–Kier alpha value is -2.07. The molecule has 0 radical (unpaired) electrons. The van der Waals surface area contributed by atoms with Crippen LogP contribution in [0.25, 0.3) is 0 Å². The lowest BCUT2D eigenvalue weighted by Gasteiger charge is -2.39. The number of hydrogen-bond acceptors (Lipinski definition) is 9. The van der Waals surface area contributed by atoms with Crippen molar-refractivity contribution in [2.24, 2.45) is 0 Å². The van der Waals surface area contributed by atoms with Gasteiger partial charge in [0.25, 0.3) is 0 Å². The van der Waals surface area contributed by atoms with E-state index >= 15 is 0 Å². The van der Waals surface area contributed by atoms with Gasteiger partial charge in [0.1, 0.15) is 5.82 Å². The summed E-state index contributed by atoms with van der Waals surface area (Å²) in [6.45, 7) is 3.54. The van der Waals surface area contributed by atoms with E-state index in [1.165, 1.54) is 20.8 Å². The third-order valence-electron chi connectivity index (χ3n) is 3.32. The molecule has 8 nitrogen and oxygen atoms in total. The van der Waals surface area contributed by atoms with E-state index in [0.717, 1.165) is 24.0 Å². The highest BCUT2D eigenvalue weighted by molar-refractivity contribution is 7.99. The minimum Gasteiger partial charge on any atom is -0.472 e. The van der Waals surface area contributed by atoms with Crippen LogP contribution in [0.15, 0.2) is 12.3 Å². The molecule has 0 amide bonds. The molecule has 1 saturated heterocycles. The normalized spacial score (nSPS) is 24.6. The fourth-order valence-corrected chi connectivity index (χ4v) is 3.78. The number of thioether (sulfide) groups is 1. The van der Waals surface area contributed by atoms with Crippen LogP contribution in [0.1, 0.15) is 20.8 Å². The maximum Gasteiger partial charge on any atom is 0.303 e.